The molecule has 0 aliphatic heterocycles. The minimum absolute atomic E-state index is 0.0128. The standard InChI is InChI=1S/C14H10FNO3/c15-13-4-2-1-3-12(13)14(17)9-10-5-7-11(8-6-10)16(18)19/h1-8H,9H2. The molecule has 0 spiro atoms. The van der Waals surface area contributed by atoms with Gasteiger partial charge in [-0.2, -0.15) is 0 Å². The first kappa shape index (κ1) is 12.9. The molecule has 0 aliphatic carbocycles. The summed E-state index contributed by atoms with van der Waals surface area (Å²) in [7, 11) is 0. The van der Waals surface area contributed by atoms with E-state index in [1.807, 2.05) is 0 Å². The van der Waals surface area contributed by atoms with E-state index in [2.05, 4.69) is 0 Å². The Morgan fingerprint density at radius 2 is 1.74 bits per heavy atom. The molecule has 0 N–H and O–H groups in total. The van der Waals surface area contributed by atoms with Gasteiger partial charge in [-0.25, -0.2) is 4.39 Å². The van der Waals surface area contributed by atoms with E-state index in [-0.39, 0.29) is 23.5 Å². The Bertz CT molecular complexity index is 623. The third-order valence-electron chi connectivity index (χ3n) is 2.69. The summed E-state index contributed by atoms with van der Waals surface area (Å²) in [6.45, 7) is 0. The molecule has 2 rings (SSSR count). The molecule has 5 heteroatoms. The van der Waals surface area contributed by atoms with Gasteiger partial charge in [-0.1, -0.05) is 24.3 Å². The lowest BCUT2D eigenvalue weighted by atomic mass is 10.0. The number of hydrogen-bond acceptors (Lipinski definition) is 3. The Labute approximate surface area is 108 Å². The number of carbonyl (C=O) groups excluding carboxylic acids is 1. The average molecular weight is 259 g/mol. The molecular formula is C14H10FNO3. The van der Waals surface area contributed by atoms with Crippen molar-refractivity contribution in [3.8, 4) is 0 Å². The fraction of sp³-hybridized carbons (Fsp3) is 0.0714. The number of rotatable bonds is 4. The summed E-state index contributed by atoms with van der Waals surface area (Å²) >= 11 is 0. The molecular weight excluding hydrogens is 249 g/mol. The second-order valence-electron chi connectivity index (χ2n) is 4.00. The SMILES string of the molecule is O=C(Cc1ccc([N+](=O)[O-])cc1)c1ccccc1F. The molecule has 4 nitrogen and oxygen atoms in total. The fourth-order valence-electron chi connectivity index (χ4n) is 1.70. The van der Waals surface area contributed by atoms with E-state index in [9.17, 15) is 19.3 Å². The number of hydrogen-bond donors (Lipinski definition) is 0. The molecule has 0 unspecified atom stereocenters. The van der Waals surface area contributed by atoms with Gasteiger partial charge in [-0.05, 0) is 17.7 Å². The van der Waals surface area contributed by atoms with E-state index < -0.39 is 10.7 Å². The van der Waals surface area contributed by atoms with Crippen LogP contribution in [0.4, 0.5) is 10.1 Å². The summed E-state index contributed by atoms with van der Waals surface area (Å²) in [5.41, 5.74) is 0.599. The highest BCUT2D eigenvalue weighted by atomic mass is 19.1. The number of benzene rings is 2. The first-order valence-corrected chi connectivity index (χ1v) is 5.59. The Hall–Kier alpha value is -2.56. The van der Waals surface area contributed by atoms with Crippen LogP contribution in [0.5, 0.6) is 0 Å². The van der Waals surface area contributed by atoms with Gasteiger partial charge in [0.1, 0.15) is 5.82 Å². The summed E-state index contributed by atoms with van der Waals surface area (Å²) in [4.78, 5) is 21.9. The Balaban J connectivity index is 2.15. The quantitative estimate of drug-likeness (QED) is 0.481. The number of ketones is 1. The largest absolute Gasteiger partial charge is 0.294 e. The molecule has 0 heterocycles. The van der Waals surface area contributed by atoms with E-state index in [0.29, 0.717) is 5.56 Å². The smallest absolute Gasteiger partial charge is 0.269 e. The minimum Gasteiger partial charge on any atom is -0.294 e. The predicted molar refractivity (Wildman–Crippen MR) is 67.5 cm³/mol. The van der Waals surface area contributed by atoms with Crippen molar-refractivity contribution in [1.82, 2.24) is 0 Å². The van der Waals surface area contributed by atoms with Gasteiger partial charge in [-0.3, -0.25) is 14.9 Å². The number of Topliss-reactive ketones (excluding diaryl/α,β-unsaturated/α-hetero) is 1. The zero-order valence-corrected chi connectivity index (χ0v) is 9.88. The van der Waals surface area contributed by atoms with Crippen molar-refractivity contribution >= 4 is 11.5 Å². The molecule has 0 saturated carbocycles. The van der Waals surface area contributed by atoms with E-state index in [4.69, 9.17) is 0 Å². The number of halogens is 1. The third-order valence-corrected chi connectivity index (χ3v) is 2.69. The van der Waals surface area contributed by atoms with E-state index in [1.54, 1.807) is 6.07 Å². The van der Waals surface area contributed by atoms with Crippen LogP contribution in [0.1, 0.15) is 15.9 Å². The zero-order valence-electron chi connectivity index (χ0n) is 9.88. The van der Waals surface area contributed by atoms with Gasteiger partial charge in [0.05, 0.1) is 10.5 Å². The van der Waals surface area contributed by atoms with Crippen LogP contribution in [0.2, 0.25) is 0 Å². The van der Waals surface area contributed by atoms with Gasteiger partial charge in [0, 0.05) is 18.6 Å². The molecule has 2 aromatic carbocycles. The summed E-state index contributed by atoms with van der Waals surface area (Å²) in [6.07, 6.45) is 0.0128. The molecule has 0 radical (unpaired) electrons. The van der Waals surface area contributed by atoms with Gasteiger partial charge >= 0.3 is 0 Å². The number of non-ortho nitro benzene ring substituents is 1. The van der Waals surface area contributed by atoms with Crippen LogP contribution < -0.4 is 0 Å². The number of carbonyl (C=O) groups is 1. The number of nitrogens with zero attached hydrogens (tertiary/aromatic N) is 1. The molecule has 0 fully saturated rings. The van der Waals surface area contributed by atoms with E-state index >= 15 is 0 Å². The lowest BCUT2D eigenvalue weighted by Crippen LogP contribution is -2.06. The van der Waals surface area contributed by atoms with Crippen LogP contribution in [-0.2, 0) is 6.42 Å². The molecule has 0 saturated heterocycles. The second kappa shape index (κ2) is 5.39. The van der Waals surface area contributed by atoms with Gasteiger partial charge in [0.2, 0.25) is 0 Å². The zero-order chi connectivity index (χ0) is 13.8. The lowest BCUT2D eigenvalue weighted by Gasteiger charge is -2.02. The molecule has 96 valence electrons. The third kappa shape index (κ3) is 3.01. The molecule has 19 heavy (non-hydrogen) atoms. The monoisotopic (exact) mass is 259 g/mol. The molecule has 0 aromatic heterocycles. The van der Waals surface area contributed by atoms with Crippen molar-refractivity contribution < 1.29 is 14.1 Å². The lowest BCUT2D eigenvalue weighted by molar-refractivity contribution is -0.384. The molecule has 2 aromatic rings. The highest BCUT2D eigenvalue weighted by Crippen LogP contribution is 2.15. The van der Waals surface area contributed by atoms with Crippen LogP contribution in [0.15, 0.2) is 48.5 Å². The van der Waals surface area contributed by atoms with Crippen LogP contribution in [0.3, 0.4) is 0 Å². The Kier molecular flexibility index (Phi) is 3.66. The highest BCUT2D eigenvalue weighted by molar-refractivity contribution is 5.97. The van der Waals surface area contributed by atoms with Crippen molar-refractivity contribution in [3.05, 3.63) is 75.6 Å². The first-order valence-electron chi connectivity index (χ1n) is 5.59. The summed E-state index contributed by atoms with van der Waals surface area (Å²) < 4.78 is 13.4. The normalized spacial score (nSPS) is 10.2. The van der Waals surface area contributed by atoms with Crippen LogP contribution in [-0.4, -0.2) is 10.7 Å². The number of nitro groups is 1. The van der Waals surface area contributed by atoms with E-state index in [0.717, 1.165) is 0 Å². The molecule has 0 amide bonds. The maximum atomic E-state index is 13.4. The number of nitro benzene ring substituents is 1. The highest BCUT2D eigenvalue weighted by Gasteiger charge is 2.12. The van der Waals surface area contributed by atoms with Gasteiger partial charge in [0.25, 0.3) is 5.69 Å². The van der Waals surface area contributed by atoms with Gasteiger partial charge < -0.3 is 0 Å². The van der Waals surface area contributed by atoms with Gasteiger partial charge in [-0.15, -0.1) is 0 Å². The molecule has 0 aliphatic rings. The Morgan fingerprint density at radius 3 is 2.32 bits per heavy atom. The van der Waals surface area contributed by atoms with Crippen LogP contribution in [0.25, 0.3) is 0 Å². The molecule has 0 bridgehead atoms. The van der Waals surface area contributed by atoms with Crippen molar-refractivity contribution in [3.63, 3.8) is 0 Å². The van der Waals surface area contributed by atoms with Crippen molar-refractivity contribution in [1.29, 1.82) is 0 Å². The second-order valence-corrected chi connectivity index (χ2v) is 4.00. The fourth-order valence-corrected chi connectivity index (χ4v) is 1.70. The predicted octanol–water partition coefficient (Wildman–Crippen LogP) is 3.16. The topological polar surface area (TPSA) is 60.2 Å². The van der Waals surface area contributed by atoms with Crippen molar-refractivity contribution in [2.75, 3.05) is 0 Å². The Morgan fingerprint density at radius 1 is 1.11 bits per heavy atom. The van der Waals surface area contributed by atoms with Crippen molar-refractivity contribution in [2.24, 2.45) is 0 Å². The van der Waals surface area contributed by atoms with Crippen LogP contribution >= 0.6 is 0 Å². The summed E-state index contributed by atoms with van der Waals surface area (Å²) in [5, 5.41) is 10.5. The summed E-state index contributed by atoms with van der Waals surface area (Å²) in [5.74, 6) is -0.915. The first-order chi connectivity index (χ1) is 9.08. The summed E-state index contributed by atoms with van der Waals surface area (Å²) in [6, 6.07) is 11.4. The minimum atomic E-state index is -0.561. The average Bonchev–Trinajstić information content (AvgIpc) is 2.39. The molecule has 0 atom stereocenters. The maximum Gasteiger partial charge on any atom is 0.269 e. The van der Waals surface area contributed by atoms with Crippen LogP contribution in [0, 0.1) is 15.9 Å². The van der Waals surface area contributed by atoms with E-state index in [1.165, 1.54) is 42.5 Å². The maximum absolute atomic E-state index is 13.4. The van der Waals surface area contributed by atoms with Crippen molar-refractivity contribution in [2.45, 2.75) is 6.42 Å². The van der Waals surface area contributed by atoms with Gasteiger partial charge in [0.15, 0.2) is 5.78 Å².